The maximum atomic E-state index is 12.1. The smallest absolute Gasteiger partial charge is 0.409 e. The summed E-state index contributed by atoms with van der Waals surface area (Å²) in [6.07, 6.45) is -0.116. The van der Waals surface area contributed by atoms with E-state index >= 15 is 0 Å². The van der Waals surface area contributed by atoms with Crippen LogP contribution in [0.4, 0.5) is 4.79 Å². The Hall–Kier alpha value is -1.99. The molecule has 1 aromatic carbocycles. The van der Waals surface area contributed by atoms with Crippen LogP contribution >= 0.6 is 0 Å². The molecule has 1 amide bonds. The molecular weight excluding hydrogens is 350 g/mol. The first-order chi connectivity index (χ1) is 12.9. The maximum absolute atomic E-state index is 12.1. The van der Waals surface area contributed by atoms with E-state index in [-0.39, 0.29) is 18.1 Å². The van der Waals surface area contributed by atoms with Crippen LogP contribution in [-0.4, -0.2) is 68.8 Å². The van der Waals surface area contributed by atoms with Crippen molar-refractivity contribution >= 4 is 6.09 Å². The fourth-order valence-corrected chi connectivity index (χ4v) is 3.98. The van der Waals surface area contributed by atoms with E-state index in [1.165, 1.54) is 7.11 Å². The molecule has 1 unspecified atom stereocenters. The molecule has 2 fully saturated rings. The number of methoxy groups -OCH3 is 2. The fraction of sp³-hybridized carbons (Fsp3) is 0.650. The molecule has 1 aromatic rings. The van der Waals surface area contributed by atoms with Crippen LogP contribution in [0.1, 0.15) is 31.7 Å². The molecule has 4 atom stereocenters. The second-order valence-electron chi connectivity index (χ2n) is 7.60. The minimum Gasteiger partial charge on any atom is -0.493 e. The Bertz CT molecular complexity index is 672. The number of likely N-dealkylation sites (tertiary alicyclic amines) is 1. The van der Waals surface area contributed by atoms with E-state index in [1.807, 2.05) is 25.1 Å². The quantitative estimate of drug-likeness (QED) is 0.847. The van der Waals surface area contributed by atoms with Gasteiger partial charge in [0.1, 0.15) is 6.10 Å². The van der Waals surface area contributed by atoms with Gasteiger partial charge in [0.25, 0.3) is 0 Å². The third-order valence-electron chi connectivity index (χ3n) is 5.89. The lowest BCUT2D eigenvalue weighted by Crippen LogP contribution is -2.38. The Morgan fingerprint density at radius 3 is 2.74 bits per heavy atom. The number of aliphatic hydroxyl groups is 1. The summed E-state index contributed by atoms with van der Waals surface area (Å²) in [5.74, 6) is 1.27. The predicted molar refractivity (Wildman–Crippen MR) is 99.4 cm³/mol. The standard InChI is InChI=1S/C20H29NO6/c1-13(22)20(2)12-21(19(23)25-4)10-16(20)14-5-6-17(24-3)18(9-14)27-15-7-8-26-11-15/h5-6,9,13,15-16,22H,7-8,10-12H2,1-4H3/t13-,15-,16?,20-/m1/s1. The number of hydrogen-bond acceptors (Lipinski definition) is 6. The van der Waals surface area contributed by atoms with Crippen LogP contribution in [-0.2, 0) is 9.47 Å². The van der Waals surface area contributed by atoms with Gasteiger partial charge in [0, 0.05) is 30.8 Å². The van der Waals surface area contributed by atoms with Gasteiger partial charge in [0.15, 0.2) is 11.5 Å². The Balaban J connectivity index is 1.91. The van der Waals surface area contributed by atoms with Crippen LogP contribution in [0.25, 0.3) is 0 Å². The summed E-state index contributed by atoms with van der Waals surface area (Å²) in [5, 5.41) is 10.5. The van der Waals surface area contributed by atoms with Crippen molar-refractivity contribution in [1.29, 1.82) is 0 Å². The molecule has 150 valence electrons. The Morgan fingerprint density at radius 1 is 1.37 bits per heavy atom. The molecule has 2 heterocycles. The minimum atomic E-state index is -0.591. The molecule has 7 nitrogen and oxygen atoms in total. The van der Waals surface area contributed by atoms with E-state index in [0.29, 0.717) is 37.8 Å². The number of benzene rings is 1. The molecule has 0 bridgehead atoms. The zero-order chi connectivity index (χ0) is 19.6. The fourth-order valence-electron chi connectivity index (χ4n) is 3.98. The predicted octanol–water partition coefficient (Wildman–Crippen LogP) is 2.42. The average Bonchev–Trinajstić information content (AvgIpc) is 3.29. The first kappa shape index (κ1) is 19.8. The number of ether oxygens (including phenoxy) is 4. The van der Waals surface area contributed by atoms with Crippen molar-refractivity contribution in [3.8, 4) is 11.5 Å². The highest BCUT2D eigenvalue weighted by atomic mass is 16.6. The van der Waals surface area contributed by atoms with E-state index in [2.05, 4.69) is 0 Å². The number of hydrogen-bond donors (Lipinski definition) is 1. The molecular formula is C20H29NO6. The highest BCUT2D eigenvalue weighted by Crippen LogP contribution is 2.47. The van der Waals surface area contributed by atoms with Gasteiger partial charge in [-0.05, 0) is 24.6 Å². The molecule has 2 aliphatic rings. The molecule has 0 spiro atoms. The summed E-state index contributed by atoms with van der Waals surface area (Å²) in [5.41, 5.74) is 0.510. The number of carbonyl (C=O) groups excluding carboxylic acids is 1. The van der Waals surface area contributed by atoms with Crippen molar-refractivity contribution < 1.29 is 28.8 Å². The summed E-state index contributed by atoms with van der Waals surface area (Å²) in [4.78, 5) is 13.7. The van der Waals surface area contributed by atoms with Crippen molar-refractivity contribution in [2.45, 2.75) is 38.4 Å². The highest BCUT2D eigenvalue weighted by molar-refractivity contribution is 5.68. The first-order valence-corrected chi connectivity index (χ1v) is 9.32. The van der Waals surface area contributed by atoms with Gasteiger partial charge in [-0.1, -0.05) is 13.0 Å². The lowest BCUT2D eigenvalue weighted by Gasteiger charge is -2.33. The third kappa shape index (κ3) is 3.84. The van der Waals surface area contributed by atoms with Crippen molar-refractivity contribution in [3.63, 3.8) is 0 Å². The van der Waals surface area contributed by atoms with Crippen LogP contribution in [0.5, 0.6) is 11.5 Å². The minimum absolute atomic E-state index is 0.00689. The molecule has 27 heavy (non-hydrogen) atoms. The molecule has 3 rings (SSSR count). The van der Waals surface area contributed by atoms with E-state index in [0.717, 1.165) is 12.0 Å². The lowest BCUT2D eigenvalue weighted by atomic mass is 9.72. The van der Waals surface area contributed by atoms with E-state index < -0.39 is 11.5 Å². The normalized spacial score (nSPS) is 28.9. The zero-order valence-corrected chi connectivity index (χ0v) is 16.4. The number of aliphatic hydroxyl groups excluding tert-OH is 1. The zero-order valence-electron chi connectivity index (χ0n) is 16.4. The summed E-state index contributed by atoms with van der Waals surface area (Å²) in [7, 11) is 2.99. The molecule has 2 aliphatic heterocycles. The number of carbonyl (C=O) groups is 1. The molecule has 0 aliphatic carbocycles. The van der Waals surface area contributed by atoms with Crippen LogP contribution in [0, 0.1) is 5.41 Å². The van der Waals surface area contributed by atoms with E-state index in [9.17, 15) is 9.90 Å². The topological polar surface area (TPSA) is 77.5 Å². The van der Waals surface area contributed by atoms with Crippen LogP contribution in [0.15, 0.2) is 18.2 Å². The summed E-state index contributed by atoms with van der Waals surface area (Å²) >= 11 is 0. The van der Waals surface area contributed by atoms with Crippen molar-refractivity contribution in [1.82, 2.24) is 4.90 Å². The van der Waals surface area contributed by atoms with Crippen molar-refractivity contribution in [3.05, 3.63) is 23.8 Å². The number of nitrogens with zero attached hydrogens (tertiary/aromatic N) is 1. The van der Waals surface area contributed by atoms with Gasteiger partial charge in [0.05, 0.1) is 33.5 Å². The van der Waals surface area contributed by atoms with Gasteiger partial charge in [-0.3, -0.25) is 0 Å². The van der Waals surface area contributed by atoms with Gasteiger partial charge >= 0.3 is 6.09 Å². The van der Waals surface area contributed by atoms with Gasteiger partial charge in [-0.2, -0.15) is 0 Å². The summed E-state index contributed by atoms with van der Waals surface area (Å²) in [6.45, 7) is 5.94. The van der Waals surface area contributed by atoms with Gasteiger partial charge in [-0.25, -0.2) is 4.79 Å². The third-order valence-corrected chi connectivity index (χ3v) is 5.89. The Labute approximate surface area is 160 Å². The van der Waals surface area contributed by atoms with Gasteiger partial charge in [0.2, 0.25) is 0 Å². The van der Waals surface area contributed by atoms with Crippen molar-refractivity contribution in [2.75, 3.05) is 40.5 Å². The maximum Gasteiger partial charge on any atom is 0.409 e. The van der Waals surface area contributed by atoms with Crippen LogP contribution in [0.2, 0.25) is 0 Å². The molecule has 0 aromatic heterocycles. The van der Waals surface area contributed by atoms with Gasteiger partial charge in [-0.15, -0.1) is 0 Å². The largest absolute Gasteiger partial charge is 0.493 e. The van der Waals surface area contributed by atoms with E-state index in [1.54, 1.807) is 18.9 Å². The van der Waals surface area contributed by atoms with Crippen LogP contribution < -0.4 is 9.47 Å². The molecule has 7 heteroatoms. The molecule has 1 N–H and O–H groups in total. The van der Waals surface area contributed by atoms with Crippen molar-refractivity contribution in [2.24, 2.45) is 5.41 Å². The summed E-state index contributed by atoms with van der Waals surface area (Å²) < 4.78 is 21.8. The second kappa shape index (κ2) is 7.94. The van der Waals surface area contributed by atoms with E-state index in [4.69, 9.17) is 18.9 Å². The average molecular weight is 379 g/mol. The molecule has 0 saturated carbocycles. The monoisotopic (exact) mass is 379 g/mol. The Kier molecular flexibility index (Phi) is 5.81. The number of rotatable bonds is 5. The van der Waals surface area contributed by atoms with Crippen LogP contribution in [0.3, 0.4) is 0 Å². The van der Waals surface area contributed by atoms with Gasteiger partial charge < -0.3 is 29.0 Å². The SMILES string of the molecule is COC(=O)N1CC(c2ccc(OC)c(O[C@@H]3CCOC3)c2)[C@@](C)([C@@H](C)O)C1. The summed E-state index contributed by atoms with van der Waals surface area (Å²) in [6, 6.07) is 5.82. The molecule has 2 saturated heterocycles. The Morgan fingerprint density at radius 2 is 2.15 bits per heavy atom. The first-order valence-electron chi connectivity index (χ1n) is 9.32. The molecule has 0 radical (unpaired) electrons. The highest BCUT2D eigenvalue weighted by Gasteiger charge is 2.48. The lowest BCUT2D eigenvalue weighted by molar-refractivity contribution is 0.0470. The second-order valence-corrected chi connectivity index (χ2v) is 7.60. The number of amides is 1.